The van der Waals surface area contributed by atoms with Gasteiger partial charge in [0.15, 0.2) is 6.29 Å². The summed E-state index contributed by atoms with van der Waals surface area (Å²) in [5, 5.41) is 0. The Bertz CT molecular complexity index is 1210. The molecule has 4 rings (SSSR count). The highest BCUT2D eigenvalue weighted by molar-refractivity contribution is 6.14. The topological polar surface area (TPSA) is 105 Å². The van der Waals surface area contributed by atoms with Crippen molar-refractivity contribution in [3.8, 4) is 23.0 Å². The summed E-state index contributed by atoms with van der Waals surface area (Å²) in [4.78, 5) is 46.1. The number of ether oxygens (including phenoxy) is 4. The molecule has 0 spiro atoms. The fourth-order valence-electron chi connectivity index (χ4n) is 2.96. The number of fused-ring (bicyclic) bond motifs is 1. The summed E-state index contributed by atoms with van der Waals surface area (Å²) in [5.74, 6) is -0.378. The number of cyclic esters (lactones) is 2. The third kappa shape index (κ3) is 3.99. The highest BCUT2D eigenvalue weighted by Gasteiger charge is 2.29. The molecule has 3 aromatic carbocycles. The molecular weight excluding hydrogens is 404 g/mol. The number of carbonyl (C=O) groups excluding carboxylic acids is 4. The Kier molecular flexibility index (Phi) is 5.19. The van der Waals surface area contributed by atoms with Gasteiger partial charge in [0.2, 0.25) is 0 Å². The van der Waals surface area contributed by atoms with E-state index in [9.17, 15) is 19.2 Å². The smallest absolute Gasteiger partial charge is 0.347 e. The summed E-state index contributed by atoms with van der Waals surface area (Å²) in [6.45, 7) is 0. The molecule has 31 heavy (non-hydrogen) atoms. The third-order valence-electron chi connectivity index (χ3n) is 4.47. The lowest BCUT2D eigenvalue weighted by molar-refractivity contribution is 0.0442. The molecule has 0 aromatic heterocycles. The SMILES string of the molecule is COC(=O)c1cc(Oc2ccc(Oc3ccc4c(c3)C(=O)OC4=O)cc2)ccc1C=O. The number of aldehydes is 1. The third-order valence-corrected chi connectivity index (χ3v) is 4.47. The minimum Gasteiger partial charge on any atom is -0.465 e. The van der Waals surface area contributed by atoms with Gasteiger partial charge in [-0.3, -0.25) is 4.79 Å². The molecule has 0 bridgehead atoms. The highest BCUT2D eigenvalue weighted by Crippen LogP contribution is 2.30. The number of hydrogen-bond donors (Lipinski definition) is 0. The number of carbonyl (C=O) groups is 4. The van der Waals surface area contributed by atoms with Crippen molar-refractivity contribution < 1.29 is 38.1 Å². The molecule has 1 heterocycles. The minimum atomic E-state index is -0.707. The lowest BCUT2D eigenvalue weighted by Gasteiger charge is -2.10. The molecule has 0 unspecified atom stereocenters. The van der Waals surface area contributed by atoms with E-state index < -0.39 is 17.9 Å². The minimum absolute atomic E-state index is 0.101. The van der Waals surface area contributed by atoms with Crippen LogP contribution in [0.5, 0.6) is 23.0 Å². The van der Waals surface area contributed by atoms with Crippen LogP contribution in [0.25, 0.3) is 0 Å². The number of esters is 3. The predicted molar refractivity (Wildman–Crippen MR) is 106 cm³/mol. The van der Waals surface area contributed by atoms with Crippen LogP contribution in [0.15, 0.2) is 60.7 Å². The number of benzene rings is 3. The van der Waals surface area contributed by atoms with Crippen LogP contribution in [-0.4, -0.2) is 31.3 Å². The summed E-state index contributed by atoms with van der Waals surface area (Å²) in [6.07, 6.45) is 0.566. The van der Waals surface area contributed by atoms with E-state index in [1.807, 2.05) is 0 Å². The molecular formula is C23H14O8. The van der Waals surface area contributed by atoms with Gasteiger partial charge in [-0.25, -0.2) is 14.4 Å². The molecule has 0 fully saturated rings. The molecule has 8 heteroatoms. The first-order valence-electron chi connectivity index (χ1n) is 9.02. The Morgan fingerprint density at radius 1 is 0.774 bits per heavy atom. The molecule has 0 saturated heterocycles. The maximum atomic E-state index is 11.8. The molecule has 0 N–H and O–H groups in total. The molecule has 1 aliphatic heterocycles. The largest absolute Gasteiger partial charge is 0.465 e. The van der Waals surface area contributed by atoms with E-state index in [1.54, 1.807) is 36.4 Å². The van der Waals surface area contributed by atoms with Gasteiger partial charge in [0, 0.05) is 5.56 Å². The first-order chi connectivity index (χ1) is 15.0. The van der Waals surface area contributed by atoms with Crippen molar-refractivity contribution in [3.63, 3.8) is 0 Å². The molecule has 0 saturated carbocycles. The Morgan fingerprint density at radius 3 is 1.94 bits per heavy atom. The van der Waals surface area contributed by atoms with Gasteiger partial charge in [0.05, 0.1) is 23.8 Å². The van der Waals surface area contributed by atoms with Crippen molar-refractivity contribution in [1.29, 1.82) is 0 Å². The van der Waals surface area contributed by atoms with Crippen LogP contribution in [0.1, 0.15) is 41.4 Å². The summed E-state index contributed by atoms with van der Waals surface area (Å²) in [6, 6.07) is 15.5. The summed E-state index contributed by atoms with van der Waals surface area (Å²) >= 11 is 0. The molecule has 8 nitrogen and oxygen atoms in total. The standard InChI is InChI=1S/C23H14O8/c1-28-21(25)19-10-16(3-2-13(19)12-24)29-14-4-6-15(7-5-14)30-17-8-9-18-20(11-17)23(27)31-22(18)26/h2-12H,1H3. The fourth-order valence-corrected chi connectivity index (χ4v) is 2.96. The van der Waals surface area contributed by atoms with Crippen LogP contribution < -0.4 is 9.47 Å². The van der Waals surface area contributed by atoms with Crippen LogP contribution in [0.4, 0.5) is 0 Å². The lowest BCUT2D eigenvalue weighted by atomic mass is 10.1. The van der Waals surface area contributed by atoms with Crippen molar-refractivity contribution >= 4 is 24.2 Å². The second kappa shape index (κ2) is 8.11. The van der Waals surface area contributed by atoms with Gasteiger partial charge in [0.1, 0.15) is 23.0 Å². The number of rotatable bonds is 6. The number of methoxy groups -OCH3 is 1. The molecule has 1 aliphatic rings. The number of hydrogen-bond acceptors (Lipinski definition) is 8. The summed E-state index contributed by atoms with van der Waals surface area (Å²) in [5.41, 5.74) is 0.655. The van der Waals surface area contributed by atoms with Gasteiger partial charge in [-0.15, -0.1) is 0 Å². The second-order valence-corrected chi connectivity index (χ2v) is 6.42. The van der Waals surface area contributed by atoms with E-state index in [1.165, 1.54) is 31.4 Å². The fraction of sp³-hybridized carbons (Fsp3) is 0.0435. The molecule has 0 aliphatic carbocycles. The monoisotopic (exact) mass is 418 g/mol. The Labute approximate surface area is 175 Å². The van der Waals surface area contributed by atoms with Gasteiger partial charge < -0.3 is 18.9 Å². The van der Waals surface area contributed by atoms with Crippen LogP contribution in [0.2, 0.25) is 0 Å². The van der Waals surface area contributed by atoms with Crippen molar-refractivity contribution in [3.05, 3.63) is 82.9 Å². The Hall–Kier alpha value is -4.46. The van der Waals surface area contributed by atoms with E-state index in [4.69, 9.17) is 9.47 Å². The first-order valence-corrected chi connectivity index (χ1v) is 9.02. The zero-order valence-electron chi connectivity index (χ0n) is 16.1. The molecule has 0 amide bonds. The molecule has 154 valence electrons. The normalized spacial score (nSPS) is 12.0. The van der Waals surface area contributed by atoms with Gasteiger partial charge in [-0.05, 0) is 60.7 Å². The molecule has 0 atom stereocenters. The average molecular weight is 418 g/mol. The van der Waals surface area contributed by atoms with Crippen LogP contribution in [-0.2, 0) is 9.47 Å². The van der Waals surface area contributed by atoms with Crippen molar-refractivity contribution in [1.82, 2.24) is 0 Å². The summed E-state index contributed by atoms with van der Waals surface area (Å²) < 4.78 is 20.7. The molecule has 3 aromatic rings. The van der Waals surface area contributed by atoms with Crippen molar-refractivity contribution in [2.24, 2.45) is 0 Å². The highest BCUT2D eigenvalue weighted by atomic mass is 16.6. The van der Waals surface area contributed by atoms with E-state index in [2.05, 4.69) is 9.47 Å². The van der Waals surface area contributed by atoms with Crippen LogP contribution in [0, 0.1) is 0 Å². The summed E-state index contributed by atoms with van der Waals surface area (Å²) in [7, 11) is 1.23. The quantitative estimate of drug-likeness (QED) is 0.333. The van der Waals surface area contributed by atoms with E-state index >= 15 is 0 Å². The van der Waals surface area contributed by atoms with Gasteiger partial charge in [0.25, 0.3) is 0 Å². The van der Waals surface area contributed by atoms with E-state index in [0.717, 1.165) is 0 Å². The lowest BCUT2D eigenvalue weighted by Crippen LogP contribution is -2.05. The zero-order valence-corrected chi connectivity index (χ0v) is 16.1. The average Bonchev–Trinajstić information content (AvgIpc) is 3.07. The van der Waals surface area contributed by atoms with Crippen LogP contribution in [0.3, 0.4) is 0 Å². The molecule has 0 radical (unpaired) electrons. The van der Waals surface area contributed by atoms with Crippen molar-refractivity contribution in [2.75, 3.05) is 7.11 Å². The second-order valence-electron chi connectivity index (χ2n) is 6.42. The van der Waals surface area contributed by atoms with Crippen LogP contribution >= 0.6 is 0 Å². The van der Waals surface area contributed by atoms with E-state index in [0.29, 0.717) is 29.3 Å². The Balaban J connectivity index is 1.49. The maximum Gasteiger partial charge on any atom is 0.347 e. The van der Waals surface area contributed by atoms with Gasteiger partial charge in [-0.2, -0.15) is 0 Å². The van der Waals surface area contributed by atoms with E-state index in [-0.39, 0.29) is 22.3 Å². The zero-order chi connectivity index (χ0) is 22.0. The Morgan fingerprint density at radius 2 is 1.32 bits per heavy atom. The maximum absolute atomic E-state index is 11.8. The van der Waals surface area contributed by atoms with Gasteiger partial charge in [-0.1, -0.05) is 0 Å². The first kappa shape index (κ1) is 19.8. The van der Waals surface area contributed by atoms with Crippen molar-refractivity contribution in [2.45, 2.75) is 0 Å². The predicted octanol–water partition coefficient (Wildman–Crippen LogP) is 4.18. The van der Waals surface area contributed by atoms with Gasteiger partial charge >= 0.3 is 17.9 Å².